The highest BCUT2D eigenvalue weighted by molar-refractivity contribution is 9.10. The van der Waals surface area contributed by atoms with Gasteiger partial charge in [-0.2, -0.15) is 7.11 Å². The van der Waals surface area contributed by atoms with Crippen LogP contribution >= 0.6 is 15.9 Å². The van der Waals surface area contributed by atoms with Gasteiger partial charge in [0.15, 0.2) is 0 Å². The molecule has 3 aliphatic heterocycles. The Kier molecular flexibility index (Phi) is 6.71. The topological polar surface area (TPSA) is 64.7 Å². The zero-order valence-corrected chi connectivity index (χ0v) is 18.5. The van der Waals surface area contributed by atoms with Crippen LogP contribution in [0.1, 0.15) is 56.9 Å². The van der Waals surface area contributed by atoms with Crippen LogP contribution in [0, 0.1) is 5.41 Å². The maximum Gasteiger partial charge on any atom is 0.305 e. The Morgan fingerprint density at radius 3 is 2.89 bits per heavy atom. The molecule has 1 aromatic carbocycles. The third-order valence-corrected chi connectivity index (χ3v) is 6.97. The van der Waals surface area contributed by atoms with Gasteiger partial charge in [-0.15, -0.1) is 0 Å². The van der Waals surface area contributed by atoms with Crippen molar-refractivity contribution in [3.8, 4) is 0 Å². The molecule has 28 heavy (non-hydrogen) atoms. The summed E-state index contributed by atoms with van der Waals surface area (Å²) in [7, 11) is 2.23. The molecule has 0 fully saturated rings. The monoisotopic (exact) mass is 448 g/mol. The minimum atomic E-state index is -0.108. The first kappa shape index (κ1) is 21.2. The Labute approximate surface area is 175 Å². The Morgan fingerprint density at radius 2 is 2.18 bits per heavy atom. The molecule has 4 rings (SSSR count). The van der Waals surface area contributed by atoms with Crippen LogP contribution in [0.5, 0.6) is 0 Å². The van der Waals surface area contributed by atoms with Gasteiger partial charge >= 0.3 is 5.97 Å². The number of aliphatic imine (C=N–C) groups is 1. The molecule has 2 atom stereocenters. The molecular weight excluding hydrogens is 420 g/mol. The predicted molar refractivity (Wildman–Crippen MR) is 113 cm³/mol. The molecule has 5 nitrogen and oxygen atoms in total. The van der Waals surface area contributed by atoms with E-state index in [9.17, 15) is 4.79 Å². The highest BCUT2D eigenvalue weighted by Gasteiger charge is 2.51. The van der Waals surface area contributed by atoms with Gasteiger partial charge in [0.1, 0.15) is 18.8 Å². The van der Waals surface area contributed by atoms with Crippen LogP contribution in [0.2, 0.25) is 0 Å². The van der Waals surface area contributed by atoms with E-state index in [2.05, 4.69) is 45.6 Å². The van der Waals surface area contributed by atoms with Gasteiger partial charge in [-0.05, 0) is 43.0 Å². The number of ether oxygens (including phenoxy) is 1. The zero-order valence-electron chi connectivity index (χ0n) is 17.0. The van der Waals surface area contributed by atoms with Crippen LogP contribution in [-0.2, 0) is 9.53 Å². The van der Waals surface area contributed by atoms with Crippen molar-refractivity contribution in [3.05, 3.63) is 28.2 Å². The molecule has 0 radical (unpaired) electrons. The first-order valence-corrected chi connectivity index (χ1v) is 10.9. The van der Waals surface area contributed by atoms with Gasteiger partial charge in [0, 0.05) is 29.7 Å². The van der Waals surface area contributed by atoms with Gasteiger partial charge < -0.3 is 9.84 Å². The van der Waals surface area contributed by atoms with Crippen LogP contribution in [-0.4, -0.2) is 49.3 Å². The summed E-state index contributed by atoms with van der Waals surface area (Å²) in [5, 5.41) is 8.25. The standard InChI is InChI=1S/C21H26BrN2O2.CH3O/c1-3-21(10-7-18(25)26-2)9-4-11-24-12-8-15-16-13-14(22)5-6-17(16)23-19(15)20(21)24;1-2/h5-6,13,15H,3-4,7-12H2,1-2H3;1H3/q+1;-1. The summed E-state index contributed by atoms with van der Waals surface area (Å²) < 4.78 is 8.60. The lowest BCUT2D eigenvalue weighted by Crippen LogP contribution is -2.51. The smallest absolute Gasteiger partial charge is 0.305 e. The van der Waals surface area contributed by atoms with Crippen molar-refractivity contribution in [2.45, 2.75) is 51.4 Å². The number of carbonyl (C=O) groups excluding carboxylic acids is 1. The number of carbonyl (C=O) groups is 1. The highest BCUT2D eigenvalue weighted by atomic mass is 79.9. The number of benzene rings is 1. The molecule has 0 saturated carbocycles. The normalized spacial score (nSPS) is 25.0. The maximum atomic E-state index is 11.8. The Morgan fingerprint density at radius 1 is 1.39 bits per heavy atom. The molecule has 0 saturated heterocycles. The van der Waals surface area contributed by atoms with Crippen LogP contribution in [0.4, 0.5) is 5.69 Å². The Bertz CT molecular complexity index is 818. The molecule has 0 bridgehead atoms. The number of halogens is 1. The fourth-order valence-corrected chi connectivity index (χ4v) is 5.47. The summed E-state index contributed by atoms with van der Waals surface area (Å²) in [6.07, 6.45) is 5.84. The lowest BCUT2D eigenvalue weighted by molar-refractivity contribution is -0.538. The number of esters is 1. The fraction of sp³-hybridized carbons (Fsp3) is 0.591. The van der Waals surface area contributed by atoms with E-state index in [1.54, 1.807) is 0 Å². The lowest BCUT2D eigenvalue weighted by Gasteiger charge is -2.38. The fourth-order valence-electron chi connectivity index (χ4n) is 5.10. The SMILES string of the molecule is CCC1(CCC(=O)OC)CCC[N+]2=C1C1=Nc3ccc(Br)cc3C1CC2.C[O-]. The third kappa shape index (κ3) is 3.69. The molecule has 0 spiro atoms. The molecule has 0 aliphatic carbocycles. The average molecular weight is 449 g/mol. The molecule has 2 unspecified atom stereocenters. The van der Waals surface area contributed by atoms with E-state index in [1.165, 1.54) is 30.5 Å². The second-order valence-electron chi connectivity index (χ2n) is 7.69. The molecule has 1 aromatic rings. The maximum absolute atomic E-state index is 11.8. The van der Waals surface area contributed by atoms with Crippen LogP contribution in [0.25, 0.3) is 0 Å². The predicted octanol–water partition coefficient (Wildman–Crippen LogP) is 3.60. The molecule has 0 N–H and O–H groups in total. The zero-order chi connectivity index (χ0) is 20.3. The van der Waals surface area contributed by atoms with Crippen molar-refractivity contribution in [3.63, 3.8) is 0 Å². The summed E-state index contributed by atoms with van der Waals surface area (Å²) >= 11 is 3.62. The van der Waals surface area contributed by atoms with Crippen LogP contribution < -0.4 is 5.11 Å². The van der Waals surface area contributed by atoms with Gasteiger partial charge in [0.25, 0.3) is 0 Å². The number of hydrogen-bond acceptors (Lipinski definition) is 4. The van der Waals surface area contributed by atoms with Gasteiger partial charge in [-0.25, -0.2) is 9.57 Å². The first-order chi connectivity index (χ1) is 13.6. The van der Waals surface area contributed by atoms with Crippen molar-refractivity contribution in [1.82, 2.24) is 0 Å². The van der Waals surface area contributed by atoms with Crippen LogP contribution in [0.15, 0.2) is 27.7 Å². The van der Waals surface area contributed by atoms with E-state index in [0.717, 1.165) is 56.0 Å². The van der Waals surface area contributed by atoms with Gasteiger partial charge in [0.2, 0.25) is 5.71 Å². The second-order valence-corrected chi connectivity index (χ2v) is 8.61. The van der Waals surface area contributed by atoms with E-state index in [4.69, 9.17) is 14.8 Å². The largest absolute Gasteiger partial charge is 0.857 e. The van der Waals surface area contributed by atoms with E-state index in [-0.39, 0.29) is 11.4 Å². The summed E-state index contributed by atoms with van der Waals surface area (Å²) in [6.45, 7) is 4.46. The van der Waals surface area contributed by atoms with Crippen LogP contribution in [0.3, 0.4) is 0 Å². The molecule has 0 aromatic heterocycles. The number of hydrogen-bond donors (Lipinski definition) is 0. The van der Waals surface area contributed by atoms with Crippen molar-refractivity contribution >= 4 is 39.0 Å². The van der Waals surface area contributed by atoms with E-state index < -0.39 is 0 Å². The average Bonchev–Trinajstić information content (AvgIpc) is 3.11. The molecule has 6 heteroatoms. The van der Waals surface area contributed by atoms with E-state index in [1.807, 2.05) is 0 Å². The van der Waals surface area contributed by atoms with Crippen molar-refractivity contribution < 1.29 is 19.2 Å². The molecule has 152 valence electrons. The quantitative estimate of drug-likeness (QED) is 0.521. The van der Waals surface area contributed by atoms with Crippen molar-refractivity contribution in [1.29, 1.82) is 0 Å². The van der Waals surface area contributed by atoms with Crippen molar-refractivity contribution in [2.75, 3.05) is 27.3 Å². The second kappa shape index (κ2) is 8.87. The Balaban J connectivity index is 0.00000109. The number of nitrogens with zero attached hydrogens (tertiary/aromatic N) is 2. The number of fused-ring (bicyclic) bond motifs is 4. The van der Waals surface area contributed by atoms with Gasteiger partial charge in [0.05, 0.1) is 18.2 Å². The third-order valence-electron chi connectivity index (χ3n) is 6.48. The Hall–Kier alpha value is -1.53. The summed E-state index contributed by atoms with van der Waals surface area (Å²) in [5.74, 6) is 0.291. The minimum Gasteiger partial charge on any atom is -0.857 e. The van der Waals surface area contributed by atoms with Gasteiger partial charge in [-0.1, -0.05) is 22.9 Å². The summed E-state index contributed by atoms with van der Waals surface area (Å²) in [5.41, 5.74) is 5.19. The number of rotatable bonds is 4. The lowest BCUT2D eigenvalue weighted by atomic mass is 9.66. The molecule has 3 aliphatic rings. The van der Waals surface area contributed by atoms with E-state index in [0.29, 0.717) is 12.3 Å². The van der Waals surface area contributed by atoms with E-state index >= 15 is 0 Å². The summed E-state index contributed by atoms with van der Waals surface area (Å²) in [4.78, 5) is 16.9. The minimum absolute atomic E-state index is 0.0449. The molecule has 3 heterocycles. The van der Waals surface area contributed by atoms with Crippen molar-refractivity contribution in [2.24, 2.45) is 10.4 Å². The molecule has 0 amide bonds. The summed E-state index contributed by atoms with van der Waals surface area (Å²) in [6, 6.07) is 6.44. The van der Waals surface area contributed by atoms with Gasteiger partial charge in [-0.3, -0.25) is 4.79 Å². The number of methoxy groups -OCH3 is 1. The highest BCUT2D eigenvalue weighted by Crippen LogP contribution is 2.47. The first-order valence-electron chi connectivity index (χ1n) is 10.1. The molecular formula is C22H29BrN2O3.